The lowest BCUT2D eigenvalue weighted by molar-refractivity contribution is 0.597. The Labute approximate surface area is 88.0 Å². The summed E-state index contributed by atoms with van der Waals surface area (Å²) < 4.78 is 21.5. The first kappa shape index (κ1) is 11.1. The van der Waals surface area contributed by atoms with Crippen molar-refractivity contribution in [1.29, 1.82) is 0 Å². The van der Waals surface area contributed by atoms with Gasteiger partial charge in [-0.3, -0.25) is 0 Å². The van der Waals surface area contributed by atoms with Crippen molar-refractivity contribution in [2.45, 2.75) is 5.75 Å². The molecule has 1 rings (SSSR count). The van der Waals surface area contributed by atoms with Crippen molar-refractivity contribution in [3.8, 4) is 0 Å². The van der Waals surface area contributed by atoms with E-state index in [0.717, 1.165) is 0 Å². The topological polar surface area (TPSA) is 86.2 Å². The number of sulfonamides is 1. The summed E-state index contributed by atoms with van der Waals surface area (Å²) in [5.74, 6) is -0.176. The van der Waals surface area contributed by atoms with E-state index in [1.54, 1.807) is 24.3 Å². The maximum Gasteiger partial charge on any atom is 0.213 e. The number of rotatable bonds is 3. The van der Waals surface area contributed by atoms with E-state index in [9.17, 15) is 8.42 Å². The van der Waals surface area contributed by atoms with E-state index >= 15 is 0 Å². The summed E-state index contributed by atoms with van der Waals surface area (Å²) in [7, 11) is -3.47. The fraction of sp³-hybridized carbons (Fsp3) is 0.125. The van der Waals surface area contributed by atoms with Crippen LogP contribution in [0, 0.1) is 0 Å². The van der Waals surface area contributed by atoms with Crippen LogP contribution in [0.2, 0.25) is 0 Å². The molecule has 0 fully saturated rings. The molecule has 0 atom stereocenters. The van der Waals surface area contributed by atoms with Gasteiger partial charge >= 0.3 is 0 Å². The molecule has 0 unspecified atom stereocenters. The molecule has 0 aliphatic rings. The molecule has 0 radical (unpaired) electrons. The average molecular weight is 230 g/mol. The van der Waals surface area contributed by atoms with Crippen molar-refractivity contribution in [2.24, 2.45) is 10.9 Å². The number of nitrogens with two attached hydrogens (primary N) is 2. The van der Waals surface area contributed by atoms with E-state index < -0.39 is 10.0 Å². The number of thiocarbonyl (C=S) groups is 1. The zero-order valence-electron chi connectivity index (χ0n) is 7.30. The number of hydrogen-bond donors (Lipinski definition) is 2. The molecule has 0 aliphatic heterocycles. The van der Waals surface area contributed by atoms with Gasteiger partial charge in [-0.15, -0.1) is 0 Å². The SMILES string of the molecule is NC(=S)c1ccc(CS(N)(=O)=O)cc1. The third-order valence-corrected chi connectivity index (χ3v) is 2.58. The molecule has 4 nitrogen and oxygen atoms in total. The van der Waals surface area contributed by atoms with Crippen molar-refractivity contribution >= 4 is 27.2 Å². The van der Waals surface area contributed by atoms with Gasteiger partial charge in [0, 0.05) is 5.56 Å². The summed E-state index contributed by atoms with van der Waals surface area (Å²) in [6.07, 6.45) is 0. The Morgan fingerprint density at radius 2 is 1.79 bits per heavy atom. The summed E-state index contributed by atoms with van der Waals surface area (Å²) in [5, 5.41) is 4.89. The van der Waals surface area contributed by atoms with E-state index in [-0.39, 0.29) is 10.7 Å². The molecule has 0 amide bonds. The molecule has 1 aromatic carbocycles. The fourth-order valence-electron chi connectivity index (χ4n) is 0.998. The molecule has 0 bridgehead atoms. The second kappa shape index (κ2) is 4.04. The molecule has 14 heavy (non-hydrogen) atoms. The minimum Gasteiger partial charge on any atom is -0.389 e. The Morgan fingerprint density at radius 1 is 1.29 bits per heavy atom. The number of benzene rings is 1. The molecule has 0 aromatic heterocycles. The maximum atomic E-state index is 10.7. The molecule has 0 saturated heterocycles. The van der Waals surface area contributed by atoms with Gasteiger partial charge in [0.05, 0.1) is 5.75 Å². The van der Waals surface area contributed by atoms with Crippen LogP contribution >= 0.6 is 12.2 Å². The van der Waals surface area contributed by atoms with E-state index in [1.165, 1.54) is 0 Å². The van der Waals surface area contributed by atoms with Gasteiger partial charge in [0.15, 0.2) is 0 Å². The first-order valence-electron chi connectivity index (χ1n) is 3.78. The van der Waals surface area contributed by atoms with Crippen LogP contribution in [0.15, 0.2) is 24.3 Å². The van der Waals surface area contributed by atoms with Crippen molar-refractivity contribution in [1.82, 2.24) is 0 Å². The van der Waals surface area contributed by atoms with Crippen LogP contribution in [0.25, 0.3) is 0 Å². The van der Waals surface area contributed by atoms with Gasteiger partial charge in [-0.1, -0.05) is 36.5 Å². The van der Waals surface area contributed by atoms with Crippen LogP contribution in [0.1, 0.15) is 11.1 Å². The molecular formula is C8H10N2O2S2. The Balaban J connectivity index is 2.90. The second-order valence-corrected chi connectivity index (χ2v) is 4.92. The van der Waals surface area contributed by atoms with E-state index in [2.05, 4.69) is 0 Å². The standard InChI is InChI=1S/C8H10N2O2S2/c9-8(13)7-3-1-6(2-4-7)5-14(10,11)12/h1-4H,5H2,(H2,9,13)(H2,10,11,12). The highest BCUT2D eigenvalue weighted by Crippen LogP contribution is 2.06. The second-order valence-electron chi connectivity index (χ2n) is 2.87. The Bertz CT molecular complexity index is 437. The minimum atomic E-state index is -3.47. The van der Waals surface area contributed by atoms with Gasteiger partial charge in [0.2, 0.25) is 10.0 Å². The van der Waals surface area contributed by atoms with Crippen LogP contribution in [-0.2, 0) is 15.8 Å². The molecule has 0 heterocycles. The van der Waals surface area contributed by atoms with Crippen molar-refractivity contribution < 1.29 is 8.42 Å². The third-order valence-electron chi connectivity index (χ3n) is 1.61. The van der Waals surface area contributed by atoms with E-state index in [0.29, 0.717) is 11.1 Å². The fourth-order valence-corrected chi connectivity index (χ4v) is 1.79. The summed E-state index contributed by atoms with van der Waals surface area (Å²) in [5.41, 5.74) is 6.70. The van der Waals surface area contributed by atoms with Crippen LogP contribution in [0.4, 0.5) is 0 Å². The van der Waals surface area contributed by atoms with Gasteiger partial charge in [-0.2, -0.15) is 0 Å². The normalized spacial score (nSPS) is 11.2. The Kier molecular flexibility index (Phi) is 3.20. The highest BCUT2D eigenvalue weighted by Gasteiger charge is 2.04. The molecule has 6 heteroatoms. The molecule has 4 N–H and O–H groups in total. The smallest absolute Gasteiger partial charge is 0.213 e. The lowest BCUT2D eigenvalue weighted by Crippen LogP contribution is -2.15. The predicted octanol–water partition coefficient (Wildman–Crippen LogP) is 0.109. The van der Waals surface area contributed by atoms with E-state index in [4.69, 9.17) is 23.1 Å². The van der Waals surface area contributed by atoms with Crippen LogP contribution in [-0.4, -0.2) is 13.4 Å². The first-order valence-corrected chi connectivity index (χ1v) is 5.90. The predicted molar refractivity (Wildman–Crippen MR) is 59.1 cm³/mol. The summed E-state index contributed by atoms with van der Waals surface area (Å²) in [6.45, 7) is 0. The summed E-state index contributed by atoms with van der Waals surface area (Å²) >= 11 is 4.75. The highest BCUT2D eigenvalue weighted by atomic mass is 32.2. The third kappa shape index (κ3) is 3.41. The molecule has 1 aromatic rings. The molecule has 0 spiro atoms. The molecule has 0 aliphatic carbocycles. The lowest BCUT2D eigenvalue weighted by atomic mass is 10.1. The lowest BCUT2D eigenvalue weighted by Gasteiger charge is -2.01. The van der Waals surface area contributed by atoms with Gasteiger partial charge in [-0.25, -0.2) is 13.6 Å². The van der Waals surface area contributed by atoms with Gasteiger partial charge in [-0.05, 0) is 5.56 Å². The number of hydrogen-bond acceptors (Lipinski definition) is 3. The number of primary sulfonamides is 1. The average Bonchev–Trinajstić information content (AvgIpc) is 2.02. The van der Waals surface area contributed by atoms with Crippen LogP contribution in [0.3, 0.4) is 0 Å². The quantitative estimate of drug-likeness (QED) is 0.722. The largest absolute Gasteiger partial charge is 0.389 e. The zero-order chi connectivity index (χ0) is 10.8. The molecule has 0 saturated carbocycles. The summed E-state index contributed by atoms with van der Waals surface area (Å²) in [4.78, 5) is 0.284. The van der Waals surface area contributed by atoms with Gasteiger partial charge in [0.25, 0.3) is 0 Å². The van der Waals surface area contributed by atoms with Crippen LogP contribution in [0.5, 0.6) is 0 Å². The zero-order valence-corrected chi connectivity index (χ0v) is 8.94. The van der Waals surface area contributed by atoms with Crippen molar-refractivity contribution in [3.63, 3.8) is 0 Å². The minimum absolute atomic E-state index is 0.176. The Hall–Kier alpha value is -0.980. The van der Waals surface area contributed by atoms with Gasteiger partial charge < -0.3 is 5.73 Å². The first-order chi connectivity index (χ1) is 6.38. The Morgan fingerprint density at radius 3 is 2.14 bits per heavy atom. The monoisotopic (exact) mass is 230 g/mol. The van der Waals surface area contributed by atoms with Gasteiger partial charge in [0.1, 0.15) is 4.99 Å². The van der Waals surface area contributed by atoms with Crippen LogP contribution < -0.4 is 10.9 Å². The molecule has 76 valence electrons. The maximum absolute atomic E-state index is 10.7. The molecular weight excluding hydrogens is 220 g/mol. The van der Waals surface area contributed by atoms with Crippen molar-refractivity contribution in [2.75, 3.05) is 0 Å². The van der Waals surface area contributed by atoms with Crippen molar-refractivity contribution in [3.05, 3.63) is 35.4 Å². The highest BCUT2D eigenvalue weighted by molar-refractivity contribution is 7.88. The summed E-state index contributed by atoms with van der Waals surface area (Å²) in [6, 6.07) is 6.61. The van der Waals surface area contributed by atoms with E-state index in [1.807, 2.05) is 0 Å².